The Kier molecular flexibility index (Phi) is 3.80. The van der Waals surface area contributed by atoms with Gasteiger partial charge >= 0.3 is 5.97 Å². The molecule has 0 bridgehead atoms. The predicted molar refractivity (Wildman–Crippen MR) is 68.9 cm³/mol. The smallest absolute Gasteiger partial charge is 0.336 e. The van der Waals surface area contributed by atoms with Gasteiger partial charge in [0.2, 0.25) is 0 Å². The maximum absolute atomic E-state index is 12.7. The van der Waals surface area contributed by atoms with Crippen molar-refractivity contribution in [2.24, 2.45) is 0 Å². The molecule has 4 heteroatoms. The number of carboxylic acids is 1. The molecule has 0 atom stereocenters. The van der Waals surface area contributed by atoms with Crippen molar-refractivity contribution >= 4 is 5.97 Å². The van der Waals surface area contributed by atoms with E-state index in [4.69, 9.17) is 9.84 Å². The average molecular weight is 260 g/mol. The van der Waals surface area contributed by atoms with Crippen LogP contribution in [0.5, 0.6) is 5.75 Å². The Hall–Kier alpha value is -2.36. The van der Waals surface area contributed by atoms with Crippen LogP contribution in [0.15, 0.2) is 42.5 Å². The Labute approximate surface area is 110 Å². The number of benzene rings is 2. The second-order valence-electron chi connectivity index (χ2n) is 4.15. The lowest BCUT2D eigenvalue weighted by atomic mass is 10.1. The van der Waals surface area contributed by atoms with Crippen LogP contribution in [0.3, 0.4) is 0 Å². The minimum atomic E-state index is -0.982. The topological polar surface area (TPSA) is 46.5 Å². The third-order valence-electron chi connectivity index (χ3n) is 2.82. The van der Waals surface area contributed by atoms with Gasteiger partial charge in [0.05, 0.1) is 5.56 Å². The van der Waals surface area contributed by atoms with Crippen LogP contribution in [0.2, 0.25) is 0 Å². The maximum atomic E-state index is 12.7. The molecule has 0 fully saturated rings. The van der Waals surface area contributed by atoms with Gasteiger partial charge in [-0.15, -0.1) is 0 Å². The summed E-state index contributed by atoms with van der Waals surface area (Å²) in [6.45, 7) is 1.97. The largest absolute Gasteiger partial charge is 0.489 e. The second-order valence-corrected chi connectivity index (χ2v) is 4.15. The van der Waals surface area contributed by atoms with Crippen LogP contribution in [-0.2, 0) is 6.61 Å². The summed E-state index contributed by atoms with van der Waals surface area (Å²) in [6, 6.07) is 10.9. The lowest BCUT2D eigenvalue weighted by Gasteiger charge is -2.10. The second kappa shape index (κ2) is 5.52. The van der Waals surface area contributed by atoms with E-state index >= 15 is 0 Å². The van der Waals surface area contributed by atoms with E-state index in [1.165, 1.54) is 18.2 Å². The van der Waals surface area contributed by atoms with E-state index in [9.17, 15) is 9.18 Å². The summed E-state index contributed by atoms with van der Waals surface area (Å²) in [5.41, 5.74) is 1.62. The van der Waals surface area contributed by atoms with Crippen LogP contribution in [0, 0.1) is 12.7 Å². The highest BCUT2D eigenvalue weighted by Crippen LogP contribution is 2.22. The maximum Gasteiger partial charge on any atom is 0.336 e. The van der Waals surface area contributed by atoms with E-state index in [1.54, 1.807) is 31.2 Å². The Balaban J connectivity index is 2.13. The molecule has 98 valence electrons. The van der Waals surface area contributed by atoms with Gasteiger partial charge in [-0.25, -0.2) is 9.18 Å². The predicted octanol–water partition coefficient (Wildman–Crippen LogP) is 3.41. The van der Waals surface area contributed by atoms with Crippen molar-refractivity contribution in [1.29, 1.82) is 0 Å². The molecule has 0 spiro atoms. The number of ether oxygens (including phenoxy) is 1. The molecular weight excluding hydrogens is 247 g/mol. The highest BCUT2D eigenvalue weighted by Gasteiger charge is 2.10. The van der Waals surface area contributed by atoms with Gasteiger partial charge in [-0.05, 0) is 36.8 Å². The van der Waals surface area contributed by atoms with Crippen LogP contribution >= 0.6 is 0 Å². The Morgan fingerprint density at radius 1 is 1.21 bits per heavy atom. The van der Waals surface area contributed by atoms with Crippen molar-refractivity contribution in [3.8, 4) is 5.75 Å². The highest BCUT2D eigenvalue weighted by molar-refractivity contribution is 5.90. The zero-order valence-electron chi connectivity index (χ0n) is 10.4. The zero-order chi connectivity index (χ0) is 13.8. The minimum absolute atomic E-state index is 0.219. The highest BCUT2D eigenvalue weighted by atomic mass is 19.1. The number of carbonyl (C=O) groups is 1. The fourth-order valence-electron chi connectivity index (χ4n) is 1.74. The fraction of sp³-hybridized carbons (Fsp3) is 0.133. The summed E-state index contributed by atoms with van der Waals surface area (Å²) in [7, 11) is 0. The molecule has 0 saturated carbocycles. The molecule has 0 aliphatic carbocycles. The van der Waals surface area contributed by atoms with Gasteiger partial charge in [-0.1, -0.05) is 18.2 Å². The minimum Gasteiger partial charge on any atom is -0.489 e. The third kappa shape index (κ3) is 3.10. The van der Waals surface area contributed by atoms with Gasteiger partial charge in [0.25, 0.3) is 0 Å². The number of halogens is 1. The van der Waals surface area contributed by atoms with Crippen LogP contribution in [0.4, 0.5) is 4.39 Å². The van der Waals surface area contributed by atoms with E-state index in [0.717, 1.165) is 5.56 Å². The molecule has 0 unspecified atom stereocenters. The Morgan fingerprint density at radius 3 is 2.53 bits per heavy atom. The molecule has 0 radical (unpaired) electrons. The summed E-state index contributed by atoms with van der Waals surface area (Å²) < 4.78 is 18.3. The van der Waals surface area contributed by atoms with Crippen molar-refractivity contribution in [1.82, 2.24) is 0 Å². The first-order chi connectivity index (χ1) is 9.08. The normalized spacial score (nSPS) is 10.2. The van der Waals surface area contributed by atoms with Crippen LogP contribution < -0.4 is 4.74 Å². The van der Waals surface area contributed by atoms with Crippen LogP contribution in [0.25, 0.3) is 0 Å². The molecule has 3 nitrogen and oxygen atoms in total. The molecule has 0 saturated heterocycles. The number of carboxylic acid groups (broad SMARTS) is 1. The van der Waals surface area contributed by atoms with Gasteiger partial charge in [-0.3, -0.25) is 0 Å². The number of hydrogen-bond donors (Lipinski definition) is 1. The molecule has 0 aromatic heterocycles. The summed E-state index contributed by atoms with van der Waals surface area (Å²) >= 11 is 0. The van der Waals surface area contributed by atoms with Crippen molar-refractivity contribution in [3.63, 3.8) is 0 Å². The van der Waals surface area contributed by atoms with Gasteiger partial charge in [0.15, 0.2) is 0 Å². The molecule has 1 N–H and O–H groups in total. The lowest BCUT2D eigenvalue weighted by Crippen LogP contribution is -2.03. The average Bonchev–Trinajstić information content (AvgIpc) is 2.39. The molecule has 2 aromatic carbocycles. The summed E-state index contributed by atoms with van der Waals surface area (Å²) in [5, 5.41) is 9.01. The first-order valence-corrected chi connectivity index (χ1v) is 5.78. The van der Waals surface area contributed by atoms with Crippen LogP contribution in [-0.4, -0.2) is 11.1 Å². The molecule has 19 heavy (non-hydrogen) atoms. The van der Waals surface area contributed by atoms with Crippen molar-refractivity contribution in [3.05, 3.63) is 65.0 Å². The molecule has 0 aliphatic rings. The monoisotopic (exact) mass is 260 g/mol. The Morgan fingerprint density at radius 2 is 1.89 bits per heavy atom. The molecule has 2 aromatic rings. The van der Waals surface area contributed by atoms with E-state index in [0.29, 0.717) is 11.3 Å². The van der Waals surface area contributed by atoms with E-state index in [1.807, 2.05) is 0 Å². The van der Waals surface area contributed by atoms with Gasteiger partial charge in [0.1, 0.15) is 18.2 Å². The van der Waals surface area contributed by atoms with Gasteiger partial charge in [-0.2, -0.15) is 0 Å². The first-order valence-electron chi connectivity index (χ1n) is 5.78. The third-order valence-corrected chi connectivity index (χ3v) is 2.82. The molecular formula is C15H13FO3. The number of rotatable bonds is 4. The first kappa shape index (κ1) is 13.1. The van der Waals surface area contributed by atoms with Crippen molar-refractivity contribution in [2.45, 2.75) is 13.5 Å². The molecule has 0 aliphatic heterocycles. The molecule has 0 heterocycles. The standard InChI is InChI=1S/C15H13FO3/c1-10-13(15(17)18)3-2-4-14(10)19-9-11-5-7-12(16)8-6-11/h2-8H,9H2,1H3,(H,17,18). The number of aromatic carboxylic acids is 1. The lowest BCUT2D eigenvalue weighted by molar-refractivity contribution is 0.0695. The summed E-state index contributed by atoms with van der Waals surface area (Å²) in [6.07, 6.45) is 0. The van der Waals surface area contributed by atoms with Crippen molar-refractivity contribution in [2.75, 3.05) is 0 Å². The fourth-order valence-corrected chi connectivity index (χ4v) is 1.74. The summed E-state index contributed by atoms with van der Waals surface area (Å²) in [5.74, 6) is -0.762. The molecule has 0 amide bonds. The number of hydrogen-bond acceptors (Lipinski definition) is 2. The Bertz CT molecular complexity index is 591. The SMILES string of the molecule is Cc1c(OCc2ccc(F)cc2)cccc1C(=O)O. The van der Waals surface area contributed by atoms with E-state index in [2.05, 4.69) is 0 Å². The zero-order valence-corrected chi connectivity index (χ0v) is 10.4. The van der Waals surface area contributed by atoms with E-state index < -0.39 is 5.97 Å². The van der Waals surface area contributed by atoms with Gasteiger partial charge in [0, 0.05) is 5.56 Å². The van der Waals surface area contributed by atoms with Crippen LogP contribution in [0.1, 0.15) is 21.5 Å². The van der Waals surface area contributed by atoms with Crippen molar-refractivity contribution < 1.29 is 19.0 Å². The van der Waals surface area contributed by atoms with Gasteiger partial charge < -0.3 is 9.84 Å². The molecule has 2 rings (SSSR count). The van der Waals surface area contributed by atoms with E-state index in [-0.39, 0.29) is 18.0 Å². The summed E-state index contributed by atoms with van der Waals surface area (Å²) in [4.78, 5) is 11.0. The quantitative estimate of drug-likeness (QED) is 0.916.